The van der Waals surface area contributed by atoms with Gasteiger partial charge in [-0.25, -0.2) is 0 Å². The van der Waals surface area contributed by atoms with Gasteiger partial charge in [0.2, 0.25) is 0 Å². The first-order chi connectivity index (χ1) is 7.61. The number of carbonyl (C=O) groups excluding carboxylic acids is 1. The Hall–Kier alpha value is -1.91. The van der Waals surface area contributed by atoms with Gasteiger partial charge >= 0.3 is 0 Å². The van der Waals surface area contributed by atoms with Crippen LogP contribution in [0.15, 0.2) is 18.2 Å². The van der Waals surface area contributed by atoms with Crippen LogP contribution in [0.2, 0.25) is 0 Å². The van der Waals surface area contributed by atoms with Crippen LogP contribution in [-0.2, 0) is 0 Å². The second-order valence-electron chi connectivity index (χ2n) is 3.85. The Bertz CT molecular complexity index is 453. The molecule has 0 spiro atoms. The second kappa shape index (κ2) is 3.92. The lowest BCUT2D eigenvalue weighted by Gasteiger charge is -2.31. The van der Waals surface area contributed by atoms with Crippen LogP contribution in [0.5, 0.6) is 0 Å². The maximum Gasteiger partial charge on any atom is 0.273 e. The minimum atomic E-state index is -0.456. The number of nitro groups is 1. The monoisotopic (exact) mass is 220 g/mol. The zero-order chi connectivity index (χ0) is 11.7. The van der Waals surface area contributed by atoms with Crippen molar-refractivity contribution >= 4 is 11.6 Å². The highest BCUT2D eigenvalue weighted by atomic mass is 16.6. The molecule has 1 aromatic rings. The van der Waals surface area contributed by atoms with Gasteiger partial charge in [-0.1, -0.05) is 6.07 Å². The molecule has 5 heteroatoms. The lowest BCUT2D eigenvalue weighted by atomic mass is 10.0. The molecule has 5 nitrogen and oxygen atoms in total. The molecule has 1 fully saturated rings. The molecule has 1 aromatic carbocycles. The van der Waals surface area contributed by atoms with Crippen LogP contribution >= 0.6 is 0 Å². The summed E-state index contributed by atoms with van der Waals surface area (Å²) in [5, 5.41) is 10.7. The molecule has 0 unspecified atom stereocenters. The van der Waals surface area contributed by atoms with E-state index in [-0.39, 0.29) is 11.6 Å². The van der Waals surface area contributed by atoms with Crippen molar-refractivity contribution in [3.05, 3.63) is 39.4 Å². The van der Waals surface area contributed by atoms with Crippen LogP contribution < -0.4 is 0 Å². The molecule has 16 heavy (non-hydrogen) atoms. The predicted octanol–water partition coefficient (Wildman–Crippen LogP) is 1.75. The van der Waals surface area contributed by atoms with Crippen molar-refractivity contribution in [2.45, 2.75) is 13.3 Å². The number of amides is 1. The van der Waals surface area contributed by atoms with Gasteiger partial charge < -0.3 is 4.90 Å². The van der Waals surface area contributed by atoms with Gasteiger partial charge in [0.05, 0.1) is 4.92 Å². The Morgan fingerprint density at radius 1 is 1.44 bits per heavy atom. The predicted molar refractivity (Wildman–Crippen MR) is 58.4 cm³/mol. The molecule has 1 aliphatic rings. The molecule has 0 saturated carbocycles. The fourth-order valence-corrected chi connectivity index (χ4v) is 1.74. The molecule has 84 valence electrons. The molecule has 0 N–H and O–H groups in total. The van der Waals surface area contributed by atoms with Gasteiger partial charge in [-0.15, -0.1) is 0 Å². The Labute approximate surface area is 92.8 Å². The Morgan fingerprint density at radius 2 is 2.12 bits per heavy atom. The summed E-state index contributed by atoms with van der Waals surface area (Å²) in [6.07, 6.45) is 1.01. The third-order valence-electron chi connectivity index (χ3n) is 2.88. The average molecular weight is 220 g/mol. The van der Waals surface area contributed by atoms with Crippen molar-refractivity contribution in [1.29, 1.82) is 0 Å². The third-order valence-corrected chi connectivity index (χ3v) is 2.88. The molecular formula is C11H12N2O3. The molecule has 1 aliphatic heterocycles. The lowest BCUT2D eigenvalue weighted by Crippen LogP contribution is -2.42. The van der Waals surface area contributed by atoms with Gasteiger partial charge in [0.25, 0.3) is 11.6 Å². The topological polar surface area (TPSA) is 63.5 Å². The van der Waals surface area contributed by atoms with Crippen molar-refractivity contribution in [3.8, 4) is 0 Å². The molecule has 1 amide bonds. The molecule has 0 atom stereocenters. The summed E-state index contributed by atoms with van der Waals surface area (Å²) in [7, 11) is 0. The van der Waals surface area contributed by atoms with E-state index in [2.05, 4.69) is 0 Å². The average Bonchev–Trinajstić information content (AvgIpc) is 2.14. The summed E-state index contributed by atoms with van der Waals surface area (Å²) in [5.41, 5.74) is 0.893. The summed E-state index contributed by atoms with van der Waals surface area (Å²) >= 11 is 0. The summed E-state index contributed by atoms with van der Waals surface area (Å²) in [6.45, 7) is 3.12. The van der Waals surface area contributed by atoms with Gasteiger partial charge in [0.15, 0.2) is 0 Å². The number of nitrogens with zero attached hydrogens (tertiary/aromatic N) is 2. The highest BCUT2D eigenvalue weighted by Crippen LogP contribution is 2.23. The fraction of sp³-hybridized carbons (Fsp3) is 0.364. The molecule has 1 saturated heterocycles. The van der Waals surface area contributed by atoms with Crippen LogP contribution in [0.3, 0.4) is 0 Å². The van der Waals surface area contributed by atoms with Crippen LogP contribution in [-0.4, -0.2) is 28.8 Å². The van der Waals surface area contributed by atoms with Crippen molar-refractivity contribution < 1.29 is 9.72 Å². The first-order valence-electron chi connectivity index (χ1n) is 5.14. The standard InChI is InChI=1S/C11H12N2O3/c1-8-9(11(14)12-6-3-7-12)4-2-5-10(8)13(15)16/h2,4-5H,3,6-7H2,1H3. The number of benzene rings is 1. The van der Waals surface area contributed by atoms with E-state index in [1.54, 1.807) is 24.0 Å². The zero-order valence-corrected chi connectivity index (χ0v) is 8.97. The van der Waals surface area contributed by atoms with E-state index >= 15 is 0 Å². The summed E-state index contributed by atoms with van der Waals surface area (Å²) in [4.78, 5) is 23.9. The van der Waals surface area contributed by atoms with E-state index in [9.17, 15) is 14.9 Å². The Morgan fingerprint density at radius 3 is 2.62 bits per heavy atom. The molecular weight excluding hydrogens is 208 g/mol. The number of carbonyl (C=O) groups is 1. The van der Waals surface area contributed by atoms with E-state index in [1.165, 1.54) is 6.07 Å². The zero-order valence-electron chi connectivity index (χ0n) is 8.97. The maximum absolute atomic E-state index is 11.9. The van der Waals surface area contributed by atoms with E-state index in [0.29, 0.717) is 11.1 Å². The maximum atomic E-state index is 11.9. The van der Waals surface area contributed by atoms with Gasteiger partial charge in [-0.05, 0) is 19.4 Å². The van der Waals surface area contributed by atoms with Crippen LogP contribution in [0.25, 0.3) is 0 Å². The van der Waals surface area contributed by atoms with Crippen LogP contribution in [0.4, 0.5) is 5.69 Å². The largest absolute Gasteiger partial charge is 0.339 e. The van der Waals surface area contributed by atoms with Crippen molar-refractivity contribution in [1.82, 2.24) is 4.90 Å². The van der Waals surface area contributed by atoms with Gasteiger partial charge in [-0.2, -0.15) is 0 Å². The minimum absolute atomic E-state index is 0.00590. The highest BCUT2D eigenvalue weighted by Gasteiger charge is 2.25. The number of hydrogen-bond donors (Lipinski definition) is 0. The summed E-state index contributed by atoms with van der Waals surface area (Å²) in [6, 6.07) is 4.61. The summed E-state index contributed by atoms with van der Waals surface area (Å²) < 4.78 is 0. The number of rotatable bonds is 2. The van der Waals surface area contributed by atoms with E-state index < -0.39 is 4.92 Å². The highest BCUT2D eigenvalue weighted by molar-refractivity contribution is 5.97. The van der Waals surface area contributed by atoms with E-state index in [4.69, 9.17) is 0 Å². The molecule has 2 rings (SSSR count). The van der Waals surface area contributed by atoms with Crippen molar-refractivity contribution in [2.75, 3.05) is 13.1 Å². The van der Waals surface area contributed by atoms with Gasteiger partial charge in [-0.3, -0.25) is 14.9 Å². The van der Waals surface area contributed by atoms with E-state index in [1.807, 2.05) is 0 Å². The molecule has 0 radical (unpaired) electrons. The molecule has 1 heterocycles. The van der Waals surface area contributed by atoms with Gasteiger partial charge in [0, 0.05) is 30.3 Å². The second-order valence-corrected chi connectivity index (χ2v) is 3.85. The SMILES string of the molecule is Cc1c(C(=O)N2CCC2)cccc1[N+](=O)[O-]. The Kier molecular flexibility index (Phi) is 2.60. The normalized spacial score (nSPS) is 14.4. The number of nitro benzene ring substituents is 1. The fourth-order valence-electron chi connectivity index (χ4n) is 1.74. The van der Waals surface area contributed by atoms with Crippen molar-refractivity contribution in [2.24, 2.45) is 0 Å². The minimum Gasteiger partial charge on any atom is -0.339 e. The molecule has 0 aromatic heterocycles. The van der Waals surface area contributed by atoms with E-state index in [0.717, 1.165) is 19.5 Å². The lowest BCUT2D eigenvalue weighted by molar-refractivity contribution is -0.385. The van der Waals surface area contributed by atoms with Gasteiger partial charge in [0.1, 0.15) is 0 Å². The van der Waals surface area contributed by atoms with Crippen molar-refractivity contribution in [3.63, 3.8) is 0 Å². The first-order valence-corrected chi connectivity index (χ1v) is 5.14. The third kappa shape index (κ3) is 1.64. The summed E-state index contributed by atoms with van der Waals surface area (Å²) in [5.74, 6) is -0.104. The molecule has 0 bridgehead atoms. The quantitative estimate of drug-likeness (QED) is 0.563. The first kappa shape index (κ1) is 10.6. The number of hydrogen-bond acceptors (Lipinski definition) is 3. The molecule has 0 aliphatic carbocycles. The van der Waals surface area contributed by atoms with Crippen LogP contribution in [0, 0.1) is 17.0 Å². The number of likely N-dealkylation sites (tertiary alicyclic amines) is 1. The Balaban J connectivity index is 2.37. The van der Waals surface area contributed by atoms with Crippen LogP contribution in [0.1, 0.15) is 22.3 Å². The smallest absolute Gasteiger partial charge is 0.273 e.